The zero-order valence-corrected chi connectivity index (χ0v) is 7.53. The molecule has 2 heterocycles. The third-order valence-electron chi connectivity index (χ3n) is 2.61. The highest BCUT2D eigenvalue weighted by atomic mass is 16.4. The summed E-state index contributed by atoms with van der Waals surface area (Å²) in [4.78, 5) is 14.7. The molecule has 4 nitrogen and oxygen atoms in total. The Bertz CT molecular complexity index is 343. The van der Waals surface area contributed by atoms with Gasteiger partial charge in [0, 0.05) is 6.04 Å². The first-order chi connectivity index (χ1) is 6.20. The quantitative estimate of drug-likeness (QED) is 0.712. The van der Waals surface area contributed by atoms with Gasteiger partial charge in [0.1, 0.15) is 0 Å². The lowest BCUT2D eigenvalue weighted by Gasteiger charge is -2.21. The van der Waals surface area contributed by atoms with Crippen LogP contribution in [0, 0.1) is 0 Å². The molecular formula is C9H12N2O2. The number of hydrogen-bond acceptors (Lipinski definition) is 2. The minimum Gasteiger partial charge on any atom is -0.476 e. The first kappa shape index (κ1) is 8.29. The highest BCUT2D eigenvalue weighted by Crippen LogP contribution is 2.25. The summed E-state index contributed by atoms with van der Waals surface area (Å²) in [6.45, 7) is 2.09. The molecule has 1 atom stereocenters. The van der Waals surface area contributed by atoms with Gasteiger partial charge >= 0.3 is 5.97 Å². The Balaban J connectivity index is 2.47. The van der Waals surface area contributed by atoms with Gasteiger partial charge in [-0.3, -0.25) is 0 Å². The number of carboxylic acid groups (broad SMARTS) is 1. The van der Waals surface area contributed by atoms with Crippen LogP contribution < -0.4 is 0 Å². The van der Waals surface area contributed by atoms with Gasteiger partial charge in [-0.2, -0.15) is 0 Å². The van der Waals surface area contributed by atoms with Crippen molar-refractivity contribution in [3.8, 4) is 0 Å². The van der Waals surface area contributed by atoms with E-state index in [9.17, 15) is 4.79 Å². The van der Waals surface area contributed by atoms with Gasteiger partial charge in [-0.15, -0.1) is 0 Å². The van der Waals surface area contributed by atoms with Crippen LogP contribution in [0.1, 0.15) is 42.0 Å². The average molecular weight is 180 g/mol. The second kappa shape index (κ2) is 2.87. The molecule has 0 bridgehead atoms. The largest absolute Gasteiger partial charge is 0.476 e. The molecule has 0 aromatic carbocycles. The predicted octanol–water partition coefficient (Wildman–Crippen LogP) is 1.48. The maximum Gasteiger partial charge on any atom is 0.356 e. The molecule has 1 aromatic rings. The molecule has 0 amide bonds. The molecule has 13 heavy (non-hydrogen) atoms. The summed E-state index contributed by atoms with van der Waals surface area (Å²) < 4.78 is 1.98. The molecule has 0 fully saturated rings. The number of carboxylic acids is 1. The van der Waals surface area contributed by atoms with E-state index >= 15 is 0 Å². The highest BCUT2D eigenvalue weighted by molar-refractivity contribution is 5.86. The second-order valence-electron chi connectivity index (χ2n) is 3.49. The van der Waals surface area contributed by atoms with Crippen LogP contribution in [0.25, 0.3) is 0 Å². The van der Waals surface area contributed by atoms with Crippen molar-refractivity contribution in [2.75, 3.05) is 0 Å². The lowest BCUT2D eigenvalue weighted by Crippen LogP contribution is -2.16. The first-order valence-electron chi connectivity index (χ1n) is 4.49. The van der Waals surface area contributed by atoms with Crippen LogP contribution >= 0.6 is 0 Å². The molecule has 4 heteroatoms. The molecule has 1 N–H and O–H groups in total. The van der Waals surface area contributed by atoms with Crippen molar-refractivity contribution >= 4 is 5.97 Å². The van der Waals surface area contributed by atoms with Gasteiger partial charge in [0.05, 0.1) is 12.0 Å². The van der Waals surface area contributed by atoms with E-state index in [1.54, 1.807) is 6.33 Å². The van der Waals surface area contributed by atoms with Crippen LogP contribution in [0.3, 0.4) is 0 Å². The first-order valence-corrected chi connectivity index (χ1v) is 4.49. The molecule has 0 aliphatic carbocycles. The normalized spacial score (nSPS) is 21.2. The maximum absolute atomic E-state index is 10.8. The Morgan fingerprint density at radius 3 is 3.23 bits per heavy atom. The van der Waals surface area contributed by atoms with Crippen molar-refractivity contribution in [2.24, 2.45) is 0 Å². The topological polar surface area (TPSA) is 55.1 Å². The fourth-order valence-corrected chi connectivity index (χ4v) is 1.90. The minimum atomic E-state index is -0.914. The fraction of sp³-hybridized carbons (Fsp3) is 0.556. The second-order valence-corrected chi connectivity index (χ2v) is 3.49. The van der Waals surface area contributed by atoms with Crippen molar-refractivity contribution in [2.45, 2.75) is 32.2 Å². The highest BCUT2D eigenvalue weighted by Gasteiger charge is 2.22. The smallest absolute Gasteiger partial charge is 0.356 e. The lowest BCUT2D eigenvalue weighted by molar-refractivity contribution is 0.0689. The van der Waals surface area contributed by atoms with Gasteiger partial charge in [0.2, 0.25) is 0 Å². The number of imidazole rings is 1. The molecule has 0 spiro atoms. The van der Waals surface area contributed by atoms with Crippen molar-refractivity contribution in [3.63, 3.8) is 0 Å². The van der Waals surface area contributed by atoms with Crippen molar-refractivity contribution in [3.05, 3.63) is 17.7 Å². The molecule has 1 aliphatic heterocycles. The Morgan fingerprint density at radius 1 is 1.77 bits per heavy atom. The maximum atomic E-state index is 10.8. The number of aromatic carboxylic acids is 1. The summed E-state index contributed by atoms with van der Waals surface area (Å²) in [7, 11) is 0. The standard InChI is InChI=1S/C9H12N2O2/c1-6-3-2-4-7-8(9(12)13)10-5-11(6)7/h5-6H,2-4H2,1H3,(H,12,13). The monoisotopic (exact) mass is 180 g/mol. The van der Waals surface area contributed by atoms with Gasteiger partial charge in [0.25, 0.3) is 0 Å². The van der Waals surface area contributed by atoms with Gasteiger partial charge in [-0.1, -0.05) is 0 Å². The van der Waals surface area contributed by atoms with Crippen LogP contribution in [0.4, 0.5) is 0 Å². The minimum absolute atomic E-state index is 0.228. The van der Waals surface area contributed by atoms with Crippen LogP contribution in [-0.4, -0.2) is 20.6 Å². The molecule has 0 saturated carbocycles. The van der Waals surface area contributed by atoms with Crippen LogP contribution in [0.2, 0.25) is 0 Å². The summed E-state index contributed by atoms with van der Waals surface area (Å²) in [5.41, 5.74) is 1.11. The Morgan fingerprint density at radius 2 is 2.54 bits per heavy atom. The number of carbonyl (C=O) groups is 1. The van der Waals surface area contributed by atoms with Gasteiger partial charge in [-0.05, 0) is 26.2 Å². The molecule has 1 aromatic heterocycles. The number of nitrogens with zero attached hydrogens (tertiary/aromatic N) is 2. The number of aromatic nitrogens is 2. The summed E-state index contributed by atoms with van der Waals surface area (Å²) in [6.07, 6.45) is 4.66. The van der Waals surface area contributed by atoms with E-state index in [1.807, 2.05) is 4.57 Å². The molecule has 0 saturated heterocycles. The van der Waals surface area contributed by atoms with E-state index in [2.05, 4.69) is 11.9 Å². The Labute approximate surface area is 76.2 Å². The molecular weight excluding hydrogens is 168 g/mol. The van der Waals surface area contributed by atoms with E-state index in [0.717, 1.165) is 25.0 Å². The van der Waals surface area contributed by atoms with Crippen molar-refractivity contribution in [1.29, 1.82) is 0 Å². The van der Waals surface area contributed by atoms with Crippen LogP contribution in [0.15, 0.2) is 6.33 Å². The molecule has 70 valence electrons. The van der Waals surface area contributed by atoms with E-state index in [-0.39, 0.29) is 5.69 Å². The third-order valence-corrected chi connectivity index (χ3v) is 2.61. The van der Waals surface area contributed by atoms with Gasteiger partial charge < -0.3 is 9.67 Å². The summed E-state index contributed by atoms with van der Waals surface area (Å²) in [6, 6.07) is 0.393. The molecule has 2 rings (SSSR count). The third kappa shape index (κ3) is 1.22. The zero-order valence-electron chi connectivity index (χ0n) is 7.53. The number of fused-ring (bicyclic) bond motifs is 1. The van der Waals surface area contributed by atoms with Crippen LogP contribution in [-0.2, 0) is 6.42 Å². The predicted molar refractivity (Wildman–Crippen MR) is 46.8 cm³/mol. The summed E-state index contributed by atoms with van der Waals surface area (Å²) in [5.74, 6) is -0.914. The summed E-state index contributed by atoms with van der Waals surface area (Å²) in [5, 5.41) is 8.84. The average Bonchev–Trinajstić information content (AvgIpc) is 2.48. The fourth-order valence-electron chi connectivity index (χ4n) is 1.90. The molecule has 0 radical (unpaired) electrons. The number of rotatable bonds is 1. The van der Waals surface area contributed by atoms with E-state index in [4.69, 9.17) is 5.11 Å². The summed E-state index contributed by atoms with van der Waals surface area (Å²) >= 11 is 0. The van der Waals surface area contributed by atoms with E-state index < -0.39 is 5.97 Å². The van der Waals surface area contributed by atoms with Crippen LogP contribution in [0.5, 0.6) is 0 Å². The SMILES string of the molecule is CC1CCCc2c(C(=O)O)ncn21. The van der Waals surface area contributed by atoms with Crippen molar-refractivity contribution in [1.82, 2.24) is 9.55 Å². The van der Waals surface area contributed by atoms with Gasteiger partial charge in [-0.25, -0.2) is 9.78 Å². The Hall–Kier alpha value is -1.32. The van der Waals surface area contributed by atoms with Gasteiger partial charge in [0.15, 0.2) is 5.69 Å². The zero-order chi connectivity index (χ0) is 9.42. The van der Waals surface area contributed by atoms with Crippen molar-refractivity contribution < 1.29 is 9.90 Å². The van der Waals surface area contributed by atoms with E-state index in [0.29, 0.717) is 6.04 Å². The molecule has 1 aliphatic rings. The van der Waals surface area contributed by atoms with E-state index in [1.165, 1.54) is 0 Å². The Kier molecular flexibility index (Phi) is 1.83. The molecule has 1 unspecified atom stereocenters. The lowest BCUT2D eigenvalue weighted by atomic mass is 10.0. The number of hydrogen-bond donors (Lipinski definition) is 1.